The molecular weight excluding hydrogens is 266 g/mol. The van der Waals surface area contributed by atoms with Crippen molar-refractivity contribution in [1.29, 1.82) is 0 Å². The molecule has 0 aliphatic heterocycles. The SMILES string of the molecule is CCc1nc(Br)cc(N(C)C2CCCC2)n1. The van der Waals surface area contributed by atoms with Gasteiger partial charge >= 0.3 is 0 Å². The summed E-state index contributed by atoms with van der Waals surface area (Å²) in [7, 11) is 2.14. The summed E-state index contributed by atoms with van der Waals surface area (Å²) < 4.78 is 0.888. The lowest BCUT2D eigenvalue weighted by atomic mass is 10.2. The molecule has 16 heavy (non-hydrogen) atoms. The average Bonchev–Trinajstić information content (AvgIpc) is 2.80. The van der Waals surface area contributed by atoms with Crippen LogP contribution >= 0.6 is 15.9 Å². The fraction of sp³-hybridized carbons (Fsp3) is 0.667. The fourth-order valence-electron chi connectivity index (χ4n) is 2.27. The molecule has 0 bridgehead atoms. The molecule has 0 radical (unpaired) electrons. The highest BCUT2D eigenvalue weighted by atomic mass is 79.9. The Hall–Kier alpha value is -0.640. The third kappa shape index (κ3) is 2.54. The van der Waals surface area contributed by atoms with Crippen molar-refractivity contribution in [3.8, 4) is 0 Å². The van der Waals surface area contributed by atoms with Crippen LogP contribution in [0.2, 0.25) is 0 Å². The number of rotatable bonds is 3. The van der Waals surface area contributed by atoms with Crippen LogP contribution in [-0.2, 0) is 6.42 Å². The fourth-order valence-corrected chi connectivity index (χ4v) is 2.68. The summed E-state index contributed by atoms with van der Waals surface area (Å²) in [6, 6.07) is 2.67. The molecule has 3 nitrogen and oxygen atoms in total. The van der Waals surface area contributed by atoms with Gasteiger partial charge in [0.2, 0.25) is 0 Å². The Balaban J connectivity index is 2.21. The van der Waals surface area contributed by atoms with Crippen LogP contribution in [0.15, 0.2) is 10.7 Å². The van der Waals surface area contributed by atoms with E-state index in [1.165, 1.54) is 25.7 Å². The molecule has 1 heterocycles. The molecule has 88 valence electrons. The molecule has 1 fully saturated rings. The summed E-state index contributed by atoms with van der Waals surface area (Å²) in [6.45, 7) is 2.08. The average molecular weight is 284 g/mol. The van der Waals surface area contributed by atoms with Crippen LogP contribution in [0.25, 0.3) is 0 Å². The highest BCUT2D eigenvalue weighted by Gasteiger charge is 2.21. The van der Waals surface area contributed by atoms with Crippen LogP contribution in [0.5, 0.6) is 0 Å². The first kappa shape index (κ1) is 11.8. The minimum absolute atomic E-state index is 0.659. The van der Waals surface area contributed by atoms with Crippen LogP contribution in [-0.4, -0.2) is 23.1 Å². The second-order valence-electron chi connectivity index (χ2n) is 4.37. The van der Waals surface area contributed by atoms with Gasteiger partial charge in [-0.25, -0.2) is 9.97 Å². The minimum Gasteiger partial charge on any atom is -0.357 e. The number of hydrogen-bond donors (Lipinski definition) is 0. The van der Waals surface area contributed by atoms with E-state index >= 15 is 0 Å². The molecule has 0 spiro atoms. The summed E-state index contributed by atoms with van der Waals surface area (Å²) in [4.78, 5) is 11.2. The van der Waals surface area contributed by atoms with Crippen molar-refractivity contribution < 1.29 is 0 Å². The van der Waals surface area contributed by atoms with E-state index in [0.717, 1.165) is 22.7 Å². The van der Waals surface area contributed by atoms with E-state index in [4.69, 9.17) is 0 Å². The number of aryl methyl sites for hydroxylation is 1. The van der Waals surface area contributed by atoms with Crippen molar-refractivity contribution in [2.45, 2.75) is 45.1 Å². The molecule has 1 aliphatic rings. The van der Waals surface area contributed by atoms with Crippen molar-refractivity contribution >= 4 is 21.7 Å². The van der Waals surface area contributed by atoms with Crippen molar-refractivity contribution in [3.63, 3.8) is 0 Å². The van der Waals surface area contributed by atoms with Crippen LogP contribution in [0.3, 0.4) is 0 Å². The maximum absolute atomic E-state index is 4.58. The standard InChI is InChI=1S/C12H18BrN3/c1-3-11-14-10(13)8-12(15-11)16(2)9-6-4-5-7-9/h8-9H,3-7H2,1-2H3. The normalized spacial score (nSPS) is 16.7. The van der Waals surface area contributed by atoms with Crippen LogP contribution in [0, 0.1) is 0 Å². The number of halogens is 1. The van der Waals surface area contributed by atoms with Gasteiger partial charge in [0.25, 0.3) is 0 Å². The maximum atomic E-state index is 4.58. The van der Waals surface area contributed by atoms with Crippen molar-refractivity contribution in [3.05, 3.63) is 16.5 Å². The first-order valence-corrected chi connectivity index (χ1v) is 6.76. The van der Waals surface area contributed by atoms with E-state index in [1.54, 1.807) is 0 Å². The molecule has 1 aromatic rings. The van der Waals surface area contributed by atoms with Gasteiger partial charge in [0.1, 0.15) is 16.2 Å². The summed E-state index contributed by atoms with van der Waals surface area (Å²) >= 11 is 3.45. The molecule has 0 atom stereocenters. The molecule has 0 amide bonds. The lowest BCUT2D eigenvalue weighted by Gasteiger charge is -2.25. The molecule has 0 N–H and O–H groups in total. The van der Waals surface area contributed by atoms with Crippen LogP contribution in [0.4, 0.5) is 5.82 Å². The summed E-state index contributed by atoms with van der Waals surface area (Å²) in [5.41, 5.74) is 0. The smallest absolute Gasteiger partial charge is 0.133 e. The number of anilines is 1. The van der Waals surface area contributed by atoms with E-state index in [2.05, 4.69) is 44.8 Å². The van der Waals surface area contributed by atoms with Crippen molar-refractivity contribution in [2.24, 2.45) is 0 Å². The van der Waals surface area contributed by atoms with Crippen molar-refractivity contribution in [1.82, 2.24) is 9.97 Å². The molecule has 0 aromatic carbocycles. The minimum atomic E-state index is 0.659. The molecule has 1 aromatic heterocycles. The van der Waals surface area contributed by atoms with E-state index in [0.29, 0.717) is 6.04 Å². The highest BCUT2D eigenvalue weighted by Crippen LogP contribution is 2.26. The van der Waals surface area contributed by atoms with Gasteiger partial charge in [-0.2, -0.15) is 0 Å². The molecule has 0 saturated heterocycles. The van der Waals surface area contributed by atoms with E-state index < -0.39 is 0 Å². The maximum Gasteiger partial charge on any atom is 0.133 e. The Bertz CT molecular complexity index is 361. The Labute approximate surface area is 105 Å². The zero-order chi connectivity index (χ0) is 11.5. The van der Waals surface area contributed by atoms with Crippen LogP contribution < -0.4 is 4.90 Å². The van der Waals surface area contributed by atoms with E-state index in [9.17, 15) is 0 Å². The molecule has 1 aliphatic carbocycles. The Morgan fingerprint density at radius 3 is 2.69 bits per heavy atom. The van der Waals surface area contributed by atoms with Gasteiger partial charge in [-0.05, 0) is 28.8 Å². The van der Waals surface area contributed by atoms with Gasteiger partial charge in [-0.15, -0.1) is 0 Å². The van der Waals surface area contributed by atoms with Gasteiger partial charge in [0.05, 0.1) is 0 Å². The molecule has 1 saturated carbocycles. The molecular formula is C12H18BrN3. The molecule has 2 rings (SSSR count). The van der Waals surface area contributed by atoms with E-state index in [1.807, 2.05) is 6.07 Å². The second-order valence-corrected chi connectivity index (χ2v) is 5.18. The Morgan fingerprint density at radius 2 is 2.06 bits per heavy atom. The zero-order valence-electron chi connectivity index (χ0n) is 9.91. The lowest BCUT2D eigenvalue weighted by Crippen LogP contribution is -2.29. The Morgan fingerprint density at radius 1 is 1.38 bits per heavy atom. The number of hydrogen-bond acceptors (Lipinski definition) is 3. The predicted octanol–water partition coefficient (Wildman–Crippen LogP) is 3.18. The Kier molecular flexibility index (Phi) is 3.79. The lowest BCUT2D eigenvalue weighted by molar-refractivity contribution is 0.643. The van der Waals surface area contributed by atoms with Gasteiger partial charge in [-0.1, -0.05) is 19.8 Å². The predicted molar refractivity (Wildman–Crippen MR) is 69.8 cm³/mol. The number of aromatic nitrogens is 2. The van der Waals surface area contributed by atoms with Gasteiger partial charge in [-0.3, -0.25) is 0 Å². The first-order chi connectivity index (χ1) is 7.70. The molecule has 0 unspecified atom stereocenters. The first-order valence-electron chi connectivity index (χ1n) is 5.97. The van der Waals surface area contributed by atoms with Gasteiger partial charge in [0.15, 0.2) is 0 Å². The van der Waals surface area contributed by atoms with Crippen molar-refractivity contribution in [2.75, 3.05) is 11.9 Å². The van der Waals surface area contributed by atoms with Gasteiger partial charge < -0.3 is 4.90 Å². The highest BCUT2D eigenvalue weighted by molar-refractivity contribution is 9.10. The third-order valence-electron chi connectivity index (χ3n) is 3.28. The molecule has 4 heteroatoms. The quantitative estimate of drug-likeness (QED) is 0.798. The third-order valence-corrected chi connectivity index (χ3v) is 3.68. The summed E-state index contributed by atoms with van der Waals surface area (Å²) in [5.74, 6) is 1.96. The largest absolute Gasteiger partial charge is 0.357 e. The second kappa shape index (κ2) is 5.13. The summed E-state index contributed by atoms with van der Waals surface area (Å²) in [5, 5.41) is 0. The van der Waals surface area contributed by atoms with Gasteiger partial charge in [0, 0.05) is 25.6 Å². The van der Waals surface area contributed by atoms with Crippen LogP contribution in [0.1, 0.15) is 38.4 Å². The topological polar surface area (TPSA) is 29.0 Å². The summed E-state index contributed by atoms with van der Waals surface area (Å²) in [6.07, 6.45) is 6.16. The monoisotopic (exact) mass is 283 g/mol. The zero-order valence-corrected chi connectivity index (χ0v) is 11.5. The number of nitrogens with zero attached hydrogens (tertiary/aromatic N) is 3. The van der Waals surface area contributed by atoms with E-state index in [-0.39, 0.29) is 0 Å².